The first-order valence-electron chi connectivity index (χ1n) is 10.3. The summed E-state index contributed by atoms with van der Waals surface area (Å²) in [7, 11) is 1.78. The average molecular weight is 360 g/mol. The minimum Gasteiger partial charge on any atom is -0.389 e. The Morgan fingerprint density at radius 3 is 2.73 bits per heavy atom. The van der Waals surface area contributed by atoms with Gasteiger partial charge in [0.25, 0.3) is 0 Å². The van der Waals surface area contributed by atoms with E-state index in [2.05, 4.69) is 6.92 Å². The normalized spacial score (nSPS) is 44.7. The average Bonchev–Trinajstić information content (AvgIpc) is 2.99. The number of hydrogen-bond donors (Lipinski definition) is 1. The molecule has 0 amide bonds. The maximum Gasteiger partial charge on any atom is 0.161 e. The lowest BCUT2D eigenvalue weighted by molar-refractivity contribution is -0.134. The van der Waals surface area contributed by atoms with Gasteiger partial charge in [0, 0.05) is 24.9 Å². The molecular weight excluding hydrogens is 328 g/mol. The van der Waals surface area contributed by atoms with Gasteiger partial charge in [-0.1, -0.05) is 12.5 Å². The molecule has 0 aromatic carbocycles. The fourth-order valence-corrected chi connectivity index (χ4v) is 7.53. The Labute approximate surface area is 156 Å². The third kappa shape index (κ3) is 2.48. The van der Waals surface area contributed by atoms with Crippen molar-refractivity contribution >= 4 is 11.6 Å². The number of ketones is 2. The van der Waals surface area contributed by atoms with Gasteiger partial charge in [0.2, 0.25) is 0 Å². The molecule has 0 bridgehead atoms. The summed E-state index contributed by atoms with van der Waals surface area (Å²) >= 11 is 0. The number of Topliss-reactive ketones (excluding diaryl/α,β-unsaturated/α-hetero) is 1. The SMILES string of the molecule is COC[C@]12CCC(=O)C=C1CC[C@@H]1[C@@H]2CC[C@]2(C)[C@@H](C(=O)CO)CC[C@@H]12. The van der Waals surface area contributed by atoms with Crippen LogP contribution in [-0.2, 0) is 14.3 Å². The first-order valence-corrected chi connectivity index (χ1v) is 10.3. The van der Waals surface area contributed by atoms with Crippen LogP contribution in [0.1, 0.15) is 58.3 Å². The van der Waals surface area contributed by atoms with E-state index in [0.29, 0.717) is 24.2 Å². The second kappa shape index (κ2) is 6.56. The lowest BCUT2D eigenvalue weighted by Gasteiger charge is -2.58. The highest BCUT2D eigenvalue weighted by molar-refractivity contribution is 5.91. The van der Waals surface area contributed by atoms with Crippen molar-refractivity contribution in [1.82, 2.24) is 0 Å². The van der Waals surface area contributed by atoms with Crippen molar-refractivity contribution in [3.8, 4) is 0 Å². The molecule has 6 atom stereocenters. The molecule has 3 fully saturated rings. The summed E-state index contributed by atoms with van der Waals surface area (Å²) in [5.41, 5.74) is 1.41. The third-order valence-corrected chi connectivity index (χ3v) is 8.63. The van der Waals surface area contributed by atoms with Crippen LogP contribution in [0.25, 0.3) is 0 Å². The molecule has 0 radical (unpaired) electrons. The van der Waals surface area contributed by atoms with Gasteiger partial charge in [-0.25, -0.2) is 0 Å². The standard InChI is InChI=1S/C22H32O4/c1-21-9-8-18-16(17(21)5-6-19(21)20(25)12-23)4-3-14-11-15(24)7-10-22(14,18)13-26-2/h11,16-19,23H,3-10,12-13H2,1-2H3/t16-,17-,18-,19+,21-,22+/m0/s1. The van der Waals surface area contributed by atoms with Gasteiger partial charge >= 0.3 is 0 Å². The van der Waals surface area contributed by atoms with Crippen LogP contribution in [0.4, 0.5) is 0 Å². The summed E-state index contributed by atoms with van der Waals surface area (Å²) in [6.45, 7) is 2.71. The first kappa shape index (κ1) is 18.4. The number of aliphatic hydroxyl groups excluding tert-OH is 1. The number of carbonyl (C=O) groups excluding carboxylic acids is 2. The van der Waals surface area contributed by atoms with Gasteiger partial charge in [0.1, 0.15) is 6.61 Å². The van der Waals surface area contributed by atoms with Crippen LogP contribution in [0.3, 0.4) is 0 Å². The van der Waals surface area contributed by atoms with Crippen LogP contribution < -0.4 is 0 Å². The molecule has 0 spiro atoms. The van der Waals surface area contributed by atoms with E-state index in [1.165, 1.54) is 5.57 Å². The van der Waals surface area contributed by atoms with Crippen LogP contribution in [0.5, 0.6) is 0 Å². The number of carbonyl (C=O) groups is 2. The monoisotopic (exact) mass is 360 g/mol. The highest BCUT2D eigenvalue weighted by Crippen LogP contribution is 2.66. The summed E-state index contributed by atoms with van der Waals surface area (Å²) in [5.74, 6) is 2.10. The van der Waals surface area contributed by atoms with E-state index in [9.17, 15) is 14.7 Å². The van der Waals surface area contributed by atoms with Crippen molar-refractivity contribution in [2.24, 2.45) is 34.5 Å². The zero-order valence-corrected chi connectivity index (χ0v) is 16.1. The lowest BCUT2D eigenvalue weighted by Crippen LogP contribution is -2.53. The van der Waals surface area contributed by atoms with Gasteiger partial charge in [-0.15, -0.1) is 0 Å². The fraction of sp³-hybridized carbons (Fsp3) is 0.818. The molecule has 1 N–H and O–H groups in total. The molecule has 4 heteroatoms. The molecule has 0 aliphatic heterocycles. The van der Waals surface area contributed by atoms with E-state index in [1.807, 2.05) is 6.08 Å². The molecule has 0 unspecified atom stereocenters. The Morgan fingerprint density at radius 2 is 2.00 bits per heavy atom. The Balaban J connectivity index is 1.67. The smallest absolute Gasteiger partial charge is 0.161 e. The molecule has 0 aromatic heterocycles. The molecule has 3 saturated carbocycles. The van der Waals surface area contributed by atoms with E-state index in [-0.39, 0.29) is 34.9 Å². The van der Waals surface area contributed by atoms with Crippen LogP contribution in [0.15, 0.2) is 11.6 Å². The van der Waals surface area contributed by atoms with Gasteiger partial charge in [0.15, 0.2) is 11.6 Å². The van der Waals surface area contributed by atoms with E-state index >= 15 is 0 Å². The topological polar surface area (TPSA) is 63.6 Å². The van der Waals surface area contributed by atoms with Gasteiger partial charge in [0.05, 0.1) is 6.61 Å². The minimum atomic E-state index is -0.316. The summed E-state index contributed by atoms with van der Waals surface area (Å²) in [5, 5.41) is 9.42. The molecule has 0 aromatic rings. The van der Waals surface area contributed by atoms with E-state index in [4.69, 9.17) is 4.74 Å². The zero-order valence-electron chi connectivity index (χ0n) is 16.1. The van der Waals surface area contributed by atoms with Crippen molar-refractivity contribution in [3.05, 3.63) is 11.6 Å². The Morgan fingerprint density at radius 1 is 1.19 bits per heavy atom. The van der Waals surface area contributed by atoms with Crippen molar-refractivity contribution in [2.75, 3.05) is 20.3 Å². The molecule has 4 aliphatic rings. The molecule has 0 heterocycles. The number of aliphatic hydroxyl groups is 1. The Kier molecular flexibility index (Phi) is 4.63. The van der Waals surface area contributed by atoms with Crippen LogP contribution in [0, 0.1) is 34.5 Å². The quantitative estimate of drug-likeness (QED) is 0.835. The van der Waals surface area contributed by atoms with E-state index in [1.54, 1.807) is 7.11 Å². The second-order valence-corrected chi connectivity index (χ2v) is 9.44. The lowest BCUT2D eigenvalue weighted by atomic mass is 9.46. The summed E-state index contributed by atoms with van der Waals surface area (Å²) in [6.07, 6.45) is 9.84. The Hall–Kier alpha value is -1.00. The summed E-state index contributed by atoms with van der Waals surface area (Å²) in [4.78, 5) is 24.4. The van der Waals surface area contributed by atoms with Gasteiger partial charge in [-0.2, -0.15) is 0 Å². The molecule has 0 saturated heterocycles. The zero-order chi connectivity index (χ0) is 18.5. The van der Waals surface area contributed by atoms with Crippen LogP contribution in [-0.4, -0.2) is 37.0 Å². The van der Waals surface area contributed by atoms with Crippen molar-refractivity contribution in [1.29, 1.82) is 0 Å². The largest absolute Gasteiger partial charge is 0.389 e. The first-order chi connectivity index (χ1) is 12.5. The highest BCUT2D eigenvalue weighted by Gasteiger charge is 2.61. The second-order valence-electron chi connectivity index (χ2n) is 9.44. The van der Waals surface area contributed by atoms with E-state index in [0.717, 1.165) is 51.6 Å². The number of methoxy groups -OCH3 is 1. The maximum absolute atomic E-state index is 12.3. The summed E-state index contributed by atoms with van der Waals surface area (Å²) < 4.78 is 5.70. The third-order valence-electron chi connectivity index (χ3n) is 8.63. The number of hydrogen-bond acceptors (Lipinski definition) is 4. The van der Waals surface area contributed by atoms with Crippen LogP contribution in [0.2, 0.25) is 0 Å². The van der Waals surface area contributed by atoms with Crippen molar-refractivity contribution in [2.45, 2.75) is 58.3 Å². The number of fused-ring (bicyclic) bond motifs is 5. The van der Waals surface area contributed by atoms with Crippen molar-refractivity contribution < 1.29 is 19.4 Å². The predicted octanol–water partition coefficient (Wildman–Crippen LogP) is 3.32. The fourth-order valence-electron chi connectivity index (χ4n) is 7.53. The number of ether oxygens (including phenoxy) is 1. The summed E-state index contributed by atoms with van der Waals surface area (Å²) in [6, 6.07) is 0. The van der Waals surface area contributed by atoms with Crippen molar-refractivity contribution in [3.63, 3.8) is 0 Å². The van der Waals surface area contributed by atoms with Crippen LogP contribution >= 0.6 is 0 Å². The van der Waals surface area contributed by atoms with Gasteiger partial charge in [-0.05, 0) is 74.2 Å². The molecule has 4 aliphatic carbocycles. The van der Waals surface area contributed by atoms with Gasteiger partial charge < -0.3 is 9.84 Å². The Bertz CT molecular complexity index is 638. The van der Waals surface area contributed by atoms with Gasteiger partial charge in [-0.3, -0.25) is 9.59 Å². The molecular formula is C22H32O4. The maximum atomic E-state index is 12.3. The molecule has 4 rings (SSSR count). The minimum absolute atomic E-state index is 0.0293. The molecule has 144 valence electrons. The molecule has 26 heavy (non-hydrogen) atoms. The predicted molar refractivity (Wildman–Crippen MR) is 98.5 cm³/mol. The highest BCUT2D eigenvalue weighted by atomic mass is 16.5. The molecule has 4 nitrogen and oxygen atoms in total. The van der Waals surface area contributed by atoms with E-state index < -0.39 is 0 Å². The number of rotatable bonds is 4.